The van der Waals surface area contributed by atoms with Crippen LogP contribution in [0, 0.1) is 6.92 Å². The standard InChI is InChI=1S/C23H24N4O3/c1-14-19(18-5-3-4-6-20(18)30-14)13-27(2)22(29)8-7-15-9-16-10-17(24)11-21(28)26-23(16)25-12-15/h3-9,12,17H,10-11,13,24H2,1-2H3,(H,25,26,28)/b8-7+. The van der Waals surface area contributed by atoms with Crippen molar-refractivity contribution in [2.45, 2.75) is 32.4 Å². The molecule has 0 radical (unpaired) electrons. The topological polar surface area (TPSA) is 101 Å². The minimum absolute atomic E-state index is 0.125. The van der Waals surface area contributed by atoms with Gasteiger partial charge in [0.05, 0.1) is 0 Å². The smallest absolute Gasteiger partial charge is 0.246 e. The van der Waals surface area contributed by atoms with Crippen molar-refractivity contribution < 1.29 is 14.0 Å². The van der Waals surface area contributed by atoms with E-state index >= 15 is 0 Å². The van der Waals surface area contributed by atoms with Gasteiger partial charge < -0.3 is 20.4 Å². The number of furan rings is 1. The van der Waals surface area contributed by atoms with Gasteiger partial charge in [-0.25, -0.2) is 4.98 Å². The molecule has 7 nitrogen and oxygen atoms in total. The van der Waals surface area contributed by atoms with Crippen molar-refractivity contribution in [1.29, 1.82) is 0 Å². The van der Waals surface area contributed by atoms with E-state index in [0.717, 1.165) is 33.4 Å². The molecule has 3 heterocycles. The molecule has 7 heteroatoms. The first-order valence-electron chi connectivity index (χ1n) is 9.85. The molecule has 0 bridgehead atoms. The van der Waals surface area contributed by atoms with Gasteiger partial charge in [-0.2, -0.15) is 0 Å². The number of nitrogens with one attached hydrogen (secondary N) is 1. The predicted octanol–water partition coefficient (Wildman–Crippen LogP) is 3.02. The first kappa shape index (κ1) is 19.8. The first-order chi connectivity index (χ1) is 14.4. The molecule has 1 aliphatic rings. The van der Waals surface area contributed by atoms with Crippen molar-refractivity contribution >= 4 is 34.7 Å². The van der Waals surface area contributed by atoms with Gasteiger partial charge in [0.25, 0.3) is 0 Å². The van der Waals surface area contributed by atoms with Crippen LogP contribution in [-0.2, 0) is 22.6 Å². The van der Waals surface area contributed by atoms with E-state index in [9.17, 15) is 9.59 Å². The highest BCUT2D eigenvalue weighted by Crippen LogP contribution is 2.26. The van der Waals surface area contributed by atoms with Crippen LogP contribution in [0.4, 0.5) is 5.82 Å². The quantitative estimate of drug-likeness (QED) is 0.651. The summed E-state index contributed by atoms with van der Waals surface area (Å²) in [6, 6.07) is 9.48. The summed E-state index contributed by atoms with van der Waals surface area (Å²) in [6.45, 7) is 2.36. The Hall–Kier alpha value is -3.45. The molecule has 0 saturated heterocycles. The Morgan fingerprint density at radius 1 is 1.37 bits per heavy atom. The second-order valence-electron chi connectivity index (χ2n) is 7.65. The number of anilines is 1. The highest BCUT2D eigenvalue weighted by molar-refractivity contribution is 5.93. The number of benzene rings is 1. The summed E-state index contributed by atoms with van der Waals surface area (Å²) < 4.78 is 5.78. The number of nitrogens with zero attached hydrogens (tertiary/aromatic N) is 2. The van der Waals surface area contributed by atoms with Crippen molar-refractivity contribution in [3.8, 4) is 0 Å². The number of likely N-dealkylation sites (N-methyl/N-ethyl adjacent to an activating group) is 1. The van der Waals surface area contributed by atoms with Crippen LogP contribution in [0.5, 0.6) is 0 Å². The van der Waals surface area contributed by atoms with Gasteiger partial charge in [-0.05, 0) is 42.7 Å². The van der Waals surface area contributed by atoms with Gasteiger partial charge in [-0.3, -0.25) is 9.59 Å². The van der Waals surface area contributed by atoms with E-state index < -0.39 is 0 Å². The van der Waals surface area contributed by atoms with Crippen LogP contribution < -0.4 is 11.1 Å². The predicted molar refractivity (Wildman–Crippen MR) is 116 cm³/mol. The molecule has 3 N–H and O–H groups in total. The zero-order chi connectivity index (χ0) is 21.3. The minimum atomic E-state index is -0.243. The zero-order valence-corrected chi connectivity index (χ0v) is 17.0. The number of aromatic nitrogens is 1. The maximum Gasteiger partial charge on any atom is 0.246 e. The van der Waals surface area contributed by atoms with Gasteiger partial charge in [-0.1, -0.05) is 18.2 Å². The Bertz CT molecular complexity index is 1150. The molecule has 0 fully saturated rings. The average molecular weight is 404 g/mol. The lowest BCUT2D eigenvalue weighted by molar-refractivity contribution is -0.125. The van der Waals surface area contributed by atoms with Crippen molar-refractivity contribution in [2.75, 3.05) is 12.4 Å². The molecule has 0 saturated carbocycles. The van der Waals surface area contributed by atoms with E-state index in [-0.39, 0.29) is 24.3 Å². The molecule has 1 aromatic carbocycles. The van der Waals surface area contributed by atoms with Gasteiger partial charge in [0.1, 0.15) is 17.2 Å². The number of rotatable bonds is 4. The van der Waals surface area contributed by atoms with E-state index in [1.54, 1.807) is 24.2 Å². The lowest BCUT2D eigenvalue weighted by atomic mass is 10.0. The summed E-state index contributed by atoms with van der Waals surface area (Å²) in [5.74, 6) is 1.10. The molecule has 4 rings (SSSR count). The molecule has 1 unspecified atom stereocenters. The Balaban J connectivity index is 1.48. The van der Waals surface area contributed by atoms with Crippen molar-refractivity contribution in [1.82, 2.24) is 9.88 Å². The van der Waals surface area contributed by atoms with Gasteiger partial charge in [-0.15, -0.1) is 0 Å². The summed E-state index contributed by atoms with van der Waals surface area (Å²) in [7, 11) is 1.76. The highest BCUT2D eigenvalue weighted by Gasteiger charge is 2.20. The van der Waals surface area contributed by atoms with Gasteiger partial charge in [0, 0.05) is 49.3 Å². The van der Waals surface area contributed by atoms with E-state index in [0.29, 0.717) is 18.8 Å². The molecule has 30 heavy (non-hydrogen) atoms. The largest absolute Gasteiger partial charge is 0.461 e. The van der Waals surface area contributed by atoms with Gasteiger partial charge in [0.2, 0.25) is 11.8 Å². The first-order valence-corrected chi connectivity index (χ1v) is 9.85. The summed E-state index contributed by atoms with van der Waals surface area (Å²) >= 11 is 0. The lowest BCUT2D eigenvalue weighted by Crippen LogP contribution is -2.25. The van der Waals surface area contributed by atoms with Crippen LogP contribution >= 0.6 is 0 Å². The third kappa shape index (κ3) is 4.11. The molecule has 154 valence electrons. The SMILES string of the molecule is Cc1oc2ccccc2c1CN(C)C(=O)/C=C/c1cnc2c(c1)CC(N)CC(=O)N2. The third-order valence-electron chi connectivity index (χ3n) is 5.27. The number of amides is 2. The molecule has 1 aliphatic heterocycles. The second-order valence-corrected chi connectivity index (χ2v) is 7.65. The van der Waals surface area contributed by atoms with Crippen LogP contribution in [0.15, 0.2) is 47.0 Å². The van der Waals surface area contributed by atoms with E-state index in [1.165, 1.54) is 6.08 Å². The third-order valence-corrected chi connectivity index (χ3v) is 5.27. The number of carbonyl (C=O) groups excluding carboxylic acids is 2. The molecule has 1 atom stereocenters. The number of nitrogens with two attached hydrogens (primary N) is 1. The molecular weight excluding hydrogens is 380 g/mol. The maximum atomic E-state index is 12.6. The Labute approximate surface area is 174 Å². The molecule has 3 aromatic rings. The van der Waals surface area contributed by atoms with Crippen molar-refractivity contribution in [3.05, 3.63) is 65.1 Å². The summed E-state index contributed by atoms with van der Waals surface area (Å²) in [4.78, 5) is 30.4. The molecule has 2 amide bonds. The normalized spacial score (nSPS) is 16.4. The van der Waals surface area contributed by atoms with Crippen LogP contribution in [0.1, 0.15) is 28.9 Å². The average Bonchev–Trinajstić information content (AvgIpc) is 2.93. The molecular formula is C23H24N4O3. The van der Waals surface area contributed by atoms with Crippen LogP contribution in [0.25, 0.3) is 17.0 Å². The second kappa shape index (κ2) is 8.12. The lowest BCUT2D eigenvalue weighted by Gasteiger charge is -2.15. The molecule has 0 spiro atoms. The Kier molecular flexibility index (Phi) is 5.37. The van der Waals surface area contributed by atoms with E-state index in [4.69, 9.17) is 10.2 Å². The fourth-order valence-electron chi connectivity index (χ4n) is 3.69. The van der Waals surface area contributed by atoms with Gasteiger partial charge in [0.15, 0.2) is 0 Å². The zero-order valence-electron chi connectivity index (χ0n) is 17.0. The summed E-state index contributed by atoms with van der Waals surface area (Å²) in [6.07, 6.45) is 5.71. The molecule has 0 aliphatic carbocycles. The fraction of sp³-hybridized carbons (Fsp3) is 0.261. The monoisotopic (exact) mass is 404 g/mol. The van der Waals surface area contributed by atoms with E-state index in [1.807, 2.05) is 37.3 Å². The van der Waals surface area contributed by atoms with Crippen LogP contribution in [0.3, 0.4) is 0 Å². The number of fused-ring (bicyclic) bond motifs is 2. The van der Waals surface area contributed by atoms with Gasteiger partial charge >= 0.3 is 0 Å². The fourth-order valence-corrected chi connectivity index (χ4v) is 3.69. The number of hydrogen-bond donors (Lipinski definition) is 2. The summed E-state index contributed by atoms with van der Waals surface area (Å²) in [5.41, 5.74) is 9.47. The van der Waals surface area contributed by atoms with Crippen LogP contribution in [0.2, 0.25) is 0 Å². The minimum Gasteiger partial charge on any atom is -0.461 e. The Morgan fingerprint density at radius 3 is 3.00 bits per heavy atom. The maximum absolute atomic E-state index is 12.6. The molecule has 2 aromatic heterocycles. The van der Waals surface area contributed by atoms with Crippen molar-refractivity contribution in [2.24, 2.45) is 5.73 Å². The highest BCUT2D eigenvalue weighted by atomic mass is 16.3. The number of carbonyl (C=O) groups is 2. The number of hydrogen-bond acceptors (Lipinski definition) is 5. The number of para-hydroxylation sites is 1. The summed E-state index contributed by atoms with van der Waals surface area (Å²) in [5, 5.41) is 3.79. The van der Waals surface area contributed by atoms with E-state index in [2.05, 4.69) is 10.3 Å². The van der Waals surface area contributed by atoms with Crippen LogP contribution in [-0.4, -0.2) is 34.8 Å². The van der Waals surface area contributed by atoms with Crippen molar-refractivity contribution in [3.63, 3.8) is 0 Å². The Morgan fingerprint density at radius 2 is 2.17 bits per heavy atom. The number of aryl methyl sites for hydroxylation is 1. The number of pyridine rings is 1.